The number of hydrogen-bond donors (Lipinski definition) is 1. The number of nitrogens with one attached hydrogen (secondary N) is 1. The maximum atomic E-state index is 13.2. The van der Waals surface area contributed by atoms with Gasteiger partial charge in [-0.15, -0.1) is 0 Å². The van der Waals surface area contributed by atoms with E-state index in [0.29, 0.717) is 13.0 Å². The van der Waals surface area contributed by atoms with Crippen molar-refractivity contribution in [3.8, 4) is 0 Å². The van der Waals surface area contributed by atoms with Gasteiger partial charge in [0, 0.05) is 18.9 Å². The van der Waals surface area contributed by atoms with Crippen molar-refractivity contribution < 1.29 is 9.31 Å². The molecule has 0 atom stereocenters. The highest BCUT2D eigenvalue weighted by molar-refractivity contribution is 6.31. The van der Waals surface area contributed by atoms with Gasteiger partial charge in [0.1, 0.15) is 11.5 Å². The third kappa shape index (κ3) is 3.42. The summed E-state index contributed by atoms with van der Waals surface area (Å²) in [6.45, 7) is 0.465. The highest BCUT2D eigenvalue weighted by atomic mass is 35.5. The molecule has 0 amide bonds. The molecule has 0 bridgehead atoms. The molecule has 0 saturated carbocycles. The number of nitro benzene ring substituents is 1. The van der Waals surface area contributed by atoms with Crippen molar-refractivity contribution in [2.75, 3.05) is 11.9 Å². The van der Waals surface area contributed by atoms with Gasteiger partial charge in [-0.05, 0) is 30.2 Å². The standard InChI is InChI=1S/C13H11ClFN3O2/c14-10-7-12(13(18(19)20)8-11(10)15)17-6-3-9-1-4-16-5-2-9/h1-2,4-5,7-8,17H,3,6H2. The average molecular weight is 296 g/mol. The predicted octanol–water partition coefficient (Wildman–Crippen LogP) is 3.44. The van der Waals surface area contributed by atoms with E-state index in [-0.39, 0.29) is 16.4 Å². The minimum atomic E-state index is -0.807. The molecule has 0 saturated heterocycles. The number of halogens is 2. The summed E-state index contributed by atoms with van der Waals surface area (Å²) in [5.74, 6) is -0.807. The Hall–Kier alpha value is -2.21. The van der Waals surface area contributed by atoms with Crippen molar-refractivity contribution in [1.82, 2.24) is 4.98 Å². The van der Waals surface area contributed by atoms with Crippen LogP contribution in [0.3, 0.4) is 0 Å². The second kappa shape index (κ2) is 6.29. The molecule has 1 N–H and O–H groups in total. The molecule has 1 aromatic carbocycles. The van der Waals surface area contributed by atoms with E-state index in [9.17, 15) is 14.5 Å². The van der Waals surface area contributed by atoms with E-state index in [1.54, 1.807) is 12.4 Å². The summed E-state index contributed by atoms with van der Waals surface area (Å²) in [6, 6.07) is 5.75. The zero-order valence-electron chi connectivity index (χ0n) is 10.3. The van der Waals surface area contributed by atoms with Crippen LogP contribution in [0.15, 0.2) is 36.7 Å². The van der Waals surface area contributed by atoms with Crippen LogP contribution < -0.4 is 5.32 Å². The number of anilines is 1. The highest BCUT2D eigenvalue weighted by Crippen LogP contribution is 2.30. The molecular formula is C13H11ClFN3O2. The lowest BCUT2D eigenvalue weighted by Gasteiger charge is -2.08. The molecule has 2 aromatic rings. The number of benzene rings is 1. The molecule has 0 radical (unpaired) electrons. The number of pyridine rings is 1. The van der Waals surface area contributed by atoms with Gasteiger partial charge in [-0.2, -0.15) is 0 Å². The number of nitrogens with zero attached hydrogens (tertiary/aromatic N) is 2. The average Bonchev–Trinajstić information content (AvgIpc) is 2.43. The van der Waals surface area contributed by atoms with Crippen molar-refractivity contribution in [2.24, 2.45) is 0 Å². The van der Waals surface area contributed by atoms with Crippen LogP contribution in [0.2, 0.25) is 5.02 Å². The number of nitro groups is 1. The van der Waals surface area contributed by atoms with E-state index in [0.717, 1.165) is 11.6 Å². The zero-order valence-corrected chi connectivity index (χ0v) is 11.1. The van der Waals surface area contributed by atoms with Crippen LogP contribution >= 0.6 is 11.6 Å². The summed E-state index contributed by atoms with van der Waals surface area (Å²) < 4.78 is 13.2. The van der Waals surface area contributed by atoms with Gasteiger partial charge in [-0.3, -0.25) is 15.1 Å². The Morgan fingerprint density at radius 2 is 2.05 bits per heavy atom. The first-order chi connectivity index (χ1) is 9.58. The molecule has 0 fully saturated rings. The van der Waals surface area contributed by atoms with Crippen LogP contribution in [-0.2, 0) is 6.42 Å². The summed E-state index contributed by atoms with van der Waals surface area (Å²) >= 11 is 5.64. The van der Waals surface area contributed by atoms with Crippen LogP contribution in [0.5, 0.6) is 0 Å². The van der Waals surface area contributed by atoms with E-state index in [1.165, 1.54) is 6.07 Å². The lowest BCUT2D eigenvalue weighted by Crippen LogP contribution is -2.07. The van der Waals surface area contributed by atoms with E-state index in [2.05, 4.69) is 10.3 Å². The summed E-state index contributed by atoms with van der Waals surface area (Å²) in [6.07, 6.45) is 4.01. The van der Waals surface area contributed by atoms with Gasteiger partial charge >= 0.3 is 0 Å². The molecule has 104 valence electrons. The van der Waals surface area contributed by atoms with Gasteiger partial charge in [0.05, 0.1) is 16.0 Å². The van der Waals surface area contributed by atoms with Gasteiger partial charge in [-0.1, -0.05) is 11.6 Å². The molecule has 20 heavy (non-hydrogen) atoms. The smallest absolute Gasteiger partial charge is 0.295 e. The zero-order chi connectivity index (χ0) is 14.5. The minimum absolute atomic E-state index is 0.151. The van der Waals surface area contributed by atoms with Gasteiger partial charge < -0.3 is 5.32 Å². The summed E-state index contributed by atoms with van der Waals surface area (Å²) in [5.41, 5.74) is 0.917. The van der Waals surface area contributed by atoms with Crippen molar-refractivity contribution in [3.63, 3.8) is 0 Å². The first-order valence-corrected chi connectivity index (χ1v) is 6.22. The van der Waals surface area contributed by atoms with E-state index in [4.69, 9.17) is 11.6 Å². The largest absolute Gasteiger partial charge is 0.379 e. The van der Waals surface area contributed by atoms with Gasteiger partial charge in [-0.25, -0.2) is 4.39 Å². The van der Waals surface area contributed by atoms with Crippen LogP contribution in [0, 0.1) is 15.9 Å². The monoisotopic (exact) mass is 295 g/mol. The maximum absolute atomic E-state index is 13.2. The molecular weight excluding hydrogens is 285 g/mol. The van der Waals surface area contributed by atoms with Crippen molar-refractivity contribution in [2.45, 2.75) is 6.42 Å². The fourth-order valence-electron chi connectivity index (χ4n) is 1.72. The van der Waals surface area contributed by atoms with Crippen LogP contribution in [0.25, 0.3) is 0 Å². The normalized spacial score (nSPS) is 10.3. The fourth-order valence-corrected chi connectivity index (χ4v) is 1.88. The Labute approximate surface area is 119 Å². The summed E-state index contributed by atoms with van der Waals surface area (Å²) in [4.78, 5) is 14.1. The third-order valence-electron chi connectivity index (χ3n) is 2.71. The lowest BCUT2D eigenvalue weighted by atomic mass is 10.2. The fraction of sp³-hybridized carbons (Fsp3) is 0.154. The molecule has 0 aliphatic heterocycles. The first kappa shape index (κ1) is 14.2. The Morgan fingerprint density at radius 3 is 2.70 bits per heavy atom. The molecule has 2 rings (SSSR count). The highest BCUT2D eigenvalue weighted by Gasteiger charge is 2.17. The van der Waals surface area contributed by atoms with Crippen molar-refractivity contribution in [3.05, 3.63) is 63.2 Å². The van der Waals surface area contributed by atoms with Crippen LogP contribution in [0.4, 0.5) is 15.8 Å². The lowest BCUT2D eigenvalue weighted by molar-refractivity contribution is -0.384. The molecule has 1 aromatic heterocycles. The van der Waals surface area contributed by atoms with E-state index in [1.807, 2.05) is 12.1 Å². The van der Waals surface area contributed by atoms with Crippen molar-refractivity contribution in [1.29, 1.82) is 0 Å². The van der Waals surface area contributed by atoms with Gasteiger partial charge in [0.25, 0.3) is 5.69 Å². The molecule has 5 nitrogen and oxygen atoms in total. The number of rotatable bonds is 5. The first-order valence-electron chi connectivity index (χ1n) is 5.84. The second-order valence-electron chi connectivity index (χ2n) is 4.07. The molecule has 0 unspecified atom stereocenters. The Morgan fingerprint density at radius 1 is 1.35 bits per heavy atom. The number of hydrogen-bond acceptors (Lipinski definition) is 4. The minimum Gasteiger partial charge on any atom is -0.379 e. The van der Waals surface area contributed by atoms with E-state index >= 15 is 0 Å². The molecule has 0 aliphatic carbocycles. The van der Waals surface area contributed by atoms with Gasteiger partial charge in [0.15, 0.2) is 0 Å². The van der Waals surface area contributed by atoms with Crippen molar-refractivity contribution >= 4 is 23.0 Å². The van der Waals surface area contributed by atoms with Crippen LogP contribution in [-0.4, -0.2) is 16.5 Å². The predicted molar refractivity (Wildman–Crippen MR) is 74.5 cm³/mol. The second-order valence-corrected chi connectivity index (χ2v) is 4.48. The maximum Gasteiger partial charge on any atom is 0.295 e. The summed E-state index contributed by atoms with van der Waals surface area (Å²) in [7, 11) is 0. The molecule has 7 heteroatoms. The number of aromatic nitrogens is 1. The molecule has 0 aliphatic rings. The van der Waals surface area contributed by atoms with Crippen LogP contribution in [0.1, 0.15) is 5.56 Å². The molecule has 1 heterocycles. The summed E-state index contributed by atoms with van der Waals surface area (Å²) in [5, 5.41) is 13.6. The molecule has 0 spiro atoms. The van der Waals surface area contributed by atoms with Gasteiger partial charge in [0.2, 0.25) is 0 Å². The Kier molecular flexibility index (Phi) is 4.47. The SMILES string of the molecule is O=[N+]([O-])c1cc(F)c(Cl)cc1NCCc1ccncc1. The quantitative estimate of drug-likeness (QED) is 0.678. The third-order valence-corrected chi connectivity index (χ3v) is 3.00. The van der Waals surface area contributed by atoms with E-state index < -0.39 is 10.7 Å². The Balaban J connectivity index is 2.09. The Bertz CT molecular complexity index is 623. The topological polar surface area (TPSA) is 68.1 Å².